The summed E-state index contributed by atoms with van der Waals surface area (Å²) in [6.45, 7) is 0.354. The van der Waals surface area contributed by atoms with Crippen LogP contribution in [0, 0.1) is 0 Å². The molecular formula is C20H16Cl2N2OS. The molecule has 0 atom stereocenters. The van der Waals surface area contributed by atoms with E-state index >= 15 is 0 Å². The molecule has 0 fully saturated rings. The van der Waals surface area contributed by atoms with Crippen LogP contribution >= 0.6 is 35.0 Å². The van der Waals surface area contributed by atoms with E-state index < -0.39 is 0 Å². The van der Waals surface area contributed by atoms with Crippen LogP contribution in [-0.4, -0.2) is 10.9 Å². The van der Waals surface area contributed by atoms with Crippen LogP contribution in [-0.2, 0) is 12.3 Å². The first-order valence-corrected chi connectivity index (χ1v) is 9.70. The Balaban J connectivity index is 1.55. The standard InChI is InChI=1S/C20H16Cl2N2OS/c21-17-6-3-16(19(22)10-17)12-24-20(25)15-4-7-18(8-5-15)26-13-14-2-1-9-23-11-14/h1-11H,12-13H2,(H,24,25). The van der Waals surface area contributed by atoms with Crippen molar-refractivity contribution in [1.29, 1.82) is 0 Å². The van der Waals surface area contributed by atoms with Gasteiger partial charge >= 0.3 is 0 Å². The number of amides is 1. The Kier molecular flexibility index (Phi) is 6.56. The van der Waals surface area contributed by atoms with Crippen molar-refractivity contribution in [2.75, 3.05) is 0 Å². The van der Waals surface area contributed by atoms with Crippen LogP contribution in [0.15, 0.2) is 71.9 Å². The number of benzene rings is 2. The number of carbonyl (C=O) groups excluding carboxylic acids is 1. The molecule has 3 aromatic rings. The highest BCUT2D eigenvalue weighted by molar-refractivity contribution is 7.98. The van der Waals surface area contributed by atoms with Gasteiger partial charge in [0.25, 0.3) is 5.91 Å². The van der Waals surface area contributed by atoms with Gasteiger partial charge in [-0.1, -0.05) is 35.3 Å². The summed E-state index contributed by atoms with van der Waals surface area (Å²) in [4.78, 5) is 17.5. The Morgan fingerprint density at radius 2 is 1.88 bits per heavy atom. The van der Waals surface area contributed by atoms with E-state index in [1.807, 2.05) is 48.7 Å². The maximum Gasteiger partial charge on any atom is 0.251 e. The first-order chi connectivity index (χ1) is 12.6. The Hall–Kier alpha value is -2.01. The van der Waals surface area contributed by atoms with E-state index in [9.17, 15) is 4.79 Å². The molecule has 0 aliphatic rings. The average molecular weight is 403 g/mol. The number of hydrogen-bond acceptors (Lipinski definition) is 3. The predicted molar refractivity (Wildman–Crippen MR) is 108 cm³/mol. The number of carbonyl (C=O) groups is 1. The predicted octanol–water partition coefficient (Wildman–Crippen LogP) is 5.61. The molecule has 0 saturated heterocycles. The van der Waals surface area contributed by atoms with Crippen LogP contribution in [0.4, 0.5) is 0 Å². The van der Waals surface area contributed by atoms with E-state index in [2.05, 4.69) is 10.3 Å². The summed E-state index contributed by atoms with van der Waals surface area (Å²) in [5, 5.41) is 3.99. The molecular weight excluding hydrogens is 387 g/mol. The van der Waals surface area contributed by atoms with Crippen molar-refractivity contribution in [2.45, 2.75) is 17.2 Å². The summed E-state index contributed by atoms with van der Waals surface area (Å²) in [6, 6.07) is 16.7. The second-order valence-electron chi connectivity index (χ2n) is 5.59. The van der Waals surface area contributed by atoms with Crippen molar-refractivity contribution in [2.24, 2.45) is 0 Å². The Morgan fingerprint density at radius 1 is 1.08 bits per heavy atom. The number of aromatic nitrogens is 1. The van der Waals surface area contributed by atoms with Gasteiger partial charge in [0.1, 0.15) is 0 Å². The number of hydrogen-bond donors (Lipinski definition) is 1. The molecule has 0 saturated carbocycles. The summed E-state index contributed by atoms with van der Waals surface area (Å²) in [6.07, 6.45) is 3.62. The van der Waals surface area contributed by atoms with E-state index in [1.165, 1.54) is 5.56 Å². The third-order valence-electron chi connectivity index (χ3n) is 3.70. The zero-order chi connectivity index (χ0) is 18.4. The molecule has 1 N–H and O–H groups in total. The second kappa shape index (κ2) is 9.08. The molecule has 26 heavy (non-hydrogen) atoms. The van der Waals surface area contributed by atoms with Crippen LogP contribution in [0.1, 0.15) is 21.5 Å². The number of rotatable bonds is 6. The Morgan fingerprint density at radius 3 is 2.58 bits per heavy atom. The van der Waals surface area contributed by atoms with Crippen molar-refractivity contribution >= 4 is 40.9 Å². The van der Waals surface area contributed by atoms with Crippen LogP contribution in [0.3, 0.4) is 0 Å². The molecule has 2 aromatic carbocycles. The van der Waals surface area contributed by atoms with Gasteiger partial charge in [0.2, 0.25) is 0 Å². The SMILES string of the molecule is O=C(NCc1ccc(Cl)cc1Cl)c1ccc(SCc2cccnc2)cc1. The molecule has 3 nitrogen and oxygen atoms in total. The molecule has 0 radical (unpaired) electrons. The fraction of sp³-hybridized carbons (Fsp3) is 0.100. The summed E-state index contributed by atoms with van der Waals surface area (Å²) in [7, 11) is 0. The minimum atomic E-state index is -0.139. The zero-order valence-corrected chi connectivity index (χ0v) is 16.1. The second-order valence-corrected chi connectivity index (χ2v) is 7.49. The van der Waals surface area contributed by atoms with Crippen molar-refractivity contribution < 1.29 is 4.79 Å². The molecule has 0 unspecified atom stereocenters. The lowest BCUT2D eigenvalue weighted by Gasteiger charge is -2.08. The Labute approximate surface area is 166 Å². The lowest BCUT2D eigenvalue weighted by molar-refractivity contribution is 0.0951. The summed E-state index contributed by atoms with van der Waals surface area (Å²) >= 11 is 13.7. The molecule has 3 rings (SSSR count). The van der Waals surface area contributed by atoms with Crippen molar-refractivity contribution in [3.8, 4) is 0 Å². The van der Waals surface area contributed by atoms with Gasteiger partial charge in [-0.3, -0.25) is 9.78 Å². The molecule has 132 valence electrons. The highest BCUT2D eigenvalue weighted by Gasteiger charge is 2.07. The van der Waals surface area contributed by atoms with Crippen LogP contribution in [0.5, 0.6) is 0 Å². The number of thioether (sulfide) groups is 1. The maximum absolute atomic E-state index is 12.3. The van der Waals surface area contributed by atoms with Gasteiger partial charge < -0.3 is 5.32 Å². The average Bonchev–Trinajstić information content (AvgIpc) is 2.67. The normalized spacial score (nSPS) is 10.5. The molecule has 1 heterocycles. The third-order valence-corrected chi connectivity index (χ3v) is 5.37. The number of halogens is 2. The first-order valence-electron chi connectivity index (χ1n) is 7.96. The summed E-state index contributed by atoms with van der Waals surface area (Å²) in [5.74, 6) is 0.703. The highest BCUT2D eigenvalue weighted by atomic mass is 35.5. The van der Waals surface area contributed by atoms with Gasteiger partial charge in [-0.05, 0) is 53.6 Å². The van der Waals surface area contributed by atoms with Crippen molar-refractivity contribution in [3.05, 3.63) is 93.7 Å². The summed E-state index contributed by atoms with van der Waals surface area (Å²) in [5.41, 5.74) is 2.60. The van der Waals surface area contributed by atoms with Gasteiger partial charge in [-0.2, -0.15) is 0 Å². The molecule has 6 heteroatoms. The molecule has 0 spiro atoms. The topological polar surface area (TPSA) is 42.0 Å². The van der Waals surface area contributed by atoms with E-state index in [1.54, 1.807) is 30.1 Å². The smallest absolute Gasteiger partial charge is 0.251 e. The third kappa shape index (κ3) is 5.24. The van der Waals surface area contributed by atoms with Crippen LogP contribution in [0.25, 0.3) is 0 Å². The fourth-order valence-corrected chi connectivity index (χ4v) is 3.60. The van der Waals surface area contributed by atoms with E-state index in [0.717, 1.165) is 16.2 Å². The zero-order valence-electron chi connectivity index (χ0n) is 13.8. The van der Waals surface area contributed by atoms with E-state index in [0.29, 0.717) is 22.2 Å². The van der Waals surface area contributed by atoms with Crippen molar-refractivity contribution in [3.63, 3.8) is 0 Å². The quantitative estimate of drug-likeness (QED) is 0.544. The van der Waals surface area contributed by atoms with Gasteiger partial charge in [-0.25, -0.2) is 0 Å². The maximum atomic E-state index is 12.3. The van der Waals surface area contributed by atoms with E-state index in [-0.39, 0.29) is 5.91 Å². The number of nitrogens with one attached hydrogen (secondary N) is 1. The Bertz CT molecular complexity index is 886. The molecule has 0 bridgehead atoms. The molecule has 1 aromatic heterocycles. The minimum Gasteiger partial charge on any atom is -0.348 e. The first kappa shape index (κ1) is 18.8. The lowest BCUT2D eigenvalue weighted by Crippen LogP contribution is -2.22. The lowest BCUT2D eigenvalue weighted by atomic mass is 10.2. The molecule has 0 aliphatic carbocycles. The van der Waals surface area contributed by atoms with E-state index in [4.69, 9.17) is 23.2 Å². The monoisotopic (exact) mass is 402 g/mol. The number of pyridine rings is 1. The van der Waals surface area contributed by atoms with Crippen molar-refractivity contribution in [1.82, 2.24) is 10.3 Å². The van der Waals surface area contributed by atoms with Gasteiger partial charge in [-0.15, -0.1) is 11.8 Å². The largest absolute Gasteiger partial charge is 0.348 e. The summed E-state index contributed by atoms with van der Waals surface area (Å²) < 4.78 is 0. The van der Waals surface area contributed by atoms with Gasteiger partial charge in [0.15, 0.2) is 0 Å². The van der Waals surface area contributed by atoms with Gasteiger partial charge in [0, 0.05) is 45.2 Å². The van der Waals surface area contributed by atoms with Crippen LogP contribution < -0.4 is 5.32 Å². The number of nitrogens with zero attached hydrogens (tertiary/aromatic N) is 1. The van der Waals surface area contributed by atoms with Gasteiger partial charge in [0.05, 0.1) is 0 Å². The fourth-order valence-electron chi connectivity index (χ4n) is 2.30. The minimum absolute atomic E-state index is 0.139. The van der Waals surface area contributed by atoms with Crippen LogP contribution in [0.2, 0.25) is 10.0 Å². The molecule has 1 amide bonds. The highest BCUT2D eigenvalue weighted by Crippen LogP contribution is 2.23. The molecule has 0 aliphatic heterocycles.